The molecule has 0 heterocycles. The van der Waals surface area contributed by atoms with Crippen molar-refractivity contribution in [2.75, 3.05) is 16.8 Å². The molecule has 28 heavy (non-hydrogen) atoms. The SMILES string of the molecule is CC(=O)N(CC(=O)Nc1ccccc1Oc1ccccc1)c1cccc(Cl)c1. The molecule has 142 valence electrons. The van der Waals surface area contributed by atoms with E-state index < -0.39 is 0 Å². The normalized spacial score (nSPS) is 10.2. The summed E-state index contributed by atoms with van der Waals surface area (Å²) in [5.41, 5.74) is 1.08. The molecule has 5 nitrogen and oxygen atoms in total. The molecule has 0 aliphatic heterocycles. The first-order chi connectivity index (χ1) is 13.5. The van der Waals surface area contributed by atoms with Crippen LogP contribution >= 0.6 is 11.6 Å². The summed E-state index contributed by atoms with van der Waals surface area (Å²) < 4.78 is 5.85. The molecule has 0 fully saturated rings. The lowest BCUT2D eigenvalue weighted by Gasteiger charge is -2.21. The van der Waals surface area contributed by atoms with E-state index in [1.807, 2.05) is 36.4 Å². The highest BCUT2D eigenvalue weighted by Gasteiger charge is 2.17. The smallest absolute Gasteiger partial charge is 0.244 e. The minimum Gasteiger partial charge on any atom is -0.455 e. The van der Waals surface area contributed by atoms with E-state index in [0.29, 0.717) is 27.9 Å². The van der Waals surface area contributed by atoms with Crippen LogP contribution in [0.4, 0.5) is 11.4 Å². The van der Waals surface area contributed by atoms with E-state index in [1.165, 1.54) is 11.8 Å². The molecular formula is C22H19ClN2O3. The zero-order valence-electron chi connectivity index (χ0n) is 15.3. The minimum atomic E-state index is -0.348. The number of hydrogen-bond donors (Lipinski definition) is 1. The van der Waals surface area contributed by atoms with Crippen LogP contribution in [0, 0.1) is 0 Å². The van der Waals surface area contributed by atoms with E-state index in [4.69, 9.17) is 16.3 Å². The summed E-state index contributed by atoms with van der Waals surface area (Å²) >= 11 is 6.00. The first kappa shape index (κ1) is 19.5. The van der Waals surface area contributed by atoms with Crippen LogP contribution in [0.2, 0.25) is 5.02 Å². The second-order valence-electron chi connectivity index (χ2n) is 6.04. The van der Waals surface area contributed by atoms with E-state index in [-0.39, 0.29) is 18.4 Å². The minimum absolute atomic E-state index is 0.144. The second-order valence-corrected chi connectivity index (χ2v) is 6.48. The lowest BCUT2D eigenvalue weighted by atomic mass is 10.2. The van der Waals surface area contributed by atoms with Crippen molar-refractivity contribution in [2.24, 2.45) is 0 Å². The van der Waals surface area contributed by atoms with Gasteiger partial charge in [-0.05, 0) is 42.5 Å². The molecule has 0 atom stereocenters. The van der Waals surface area contributed by atoms with Gasteiger partial charge in [0.15, 0.2) is 5.75 Å². The van der Waals surface area contributed by atoms with Crippen LogP contribution in [0.3, 0.4) is 0 Å². The molecule has 0 spiro atoms. The fourth-order valence-corrected chi connectivity index (χ4v) is 2.82. The van der Waals surface area contributed by atoms with Gasteiger partial charge >= 0.3 is 0 Å². The van der Waals surface area contributed by atoms with Crippen LogP contribution in [-0.4, -0.2) is 18.4 Å². The van der Waals surface area contributed by atoms with E-state index in [1.54, 1.807) is 42.5 Å². The number of anilines is 2. The molecular weight excluding hydrogens is 376 g/mol. The average Bonchev–Trinajstić information content (AvgIpc) is 2.68. The van der Waals surface area contributed by atoms with Gasteiger partial charge in [-0.15, -0.1) is 0 Å². The number of ether oxygens (including phenoxy) is 1. The van der Waals surface area contributed by atoms with E-state index in [2.05, 4.69) is 5.32 Å². The number of rotatable bonds is 6. The molecule has 0 saturated heterocycles. The topological polar surface area (TPSA) is 58.6 Å². The van der Waals surface area contributed by atoms with Gasteiger partial charge in [-0.1, -0.05) is 48.0 Å². The monoisotopic (exact) mass is 394 g/mol. The lowest BCUT2D eigenvalue weighted by molar-refractivity contribution is -0.120. The van der Waals surface area contributed by atoms with Crippen molar-refractivity contribution in [3.05, 3.63) is 83.9 Å². The van der Waals surface area contributed by atoms with Crippen LogP contribution in [0.15, 0.2) is 78.9 Å². The highest BCUT2D eigenvalue weighted by atomic mass is 35.5. The Morgan fingerprint density at radius 3 is 2.39 bits per heavy atom. The first-order valence-electron chi connectivity index (χ1n) is 8.68. The summed E-state index contributed by atoms with van der Waals surface area (Å²) in [6, 6.07) is 23.2. The third kappa shape index (κ3) is 5.11. The number of nitrogens with one attached hydrogen (secondary N) is 1. The molecule has 0 aromatic heterocycles. The number of para-hydroxylation sites is 3. The molecule has 3 aromatic carbocycles. The van der Waals surface area contributed by atoms with Crippen molar-refractivity contribution in [2.45, 2.75) is 6.92 Å². The Bertz CT molecular complexity index is 976. The first-order valence-corrected chi connectivity index (χ1v) is 9.06. The van der Waals surface area contributed by atoms with Crippen LogP contribution in [0.1, 0.15) is 6.92 Å². The Balaban J connectivity index is 1.74. The number of nitrogens with zero attached hydrogens (tertiary/aromatic N) is 1. The van der Waals surface area contributed by atoms with Crippen molar-refractivity contribution in [3.63, 3.8) is 0 Å². The average molecular weight is 395 g/mol. The van der Waals surface area contributed by atoms with Gasteiger partial charge in [-0.3, -0.25) is 9.59 Å². The van der Waals surface area contributed by atoms with E-state index in [0.717, 1.165) is 0 Å². The predicted octanol–water partition coefficient (Wildman–Crippen LogP) is 5.12. The Kier molecular flexibility index (Phi) is 6.29. The Morgan fingerprint density at radius 2 is 1.68 bits per heavy atom. The molecule has 0 radical (unpaired) electrons. The molecule has 0 bridgehead atoms. The summed E-state index contributed by atoms with van der Waals surface area (Å²) in [5, 5.41) is 3.30. The van der Waals surface area contributed by atoms with Gasteiger partial charge in [-0.25, -0.2) is 0 Å². The lowest BCUT2D eigenvalue weighted by Crippen LogP contribution is -2.36. The van der Waals surface area contributed by atoms with Gasteiger partial charge in [0.1, 0.15) is 12.3 Å². The van der Waals surface area contributed by atoms with Crippen molar-refractivity contribution in [1.29, 1.82) is 0 Å². The zero-order valence-corrected chi connectivity index (χ0v) is 16.0. The van der Waals surface area contributed by atoms with Crippen molar-refractivity contribution in [1.82, 2.24) is 0 Å². The zero-order chi connectivity index (χ0) is 19.9. The van der Waals surface area contributed by atoms with Gasteiger partial charge in [-0.2, -0.15) is 0 Å². The fourth-order valence-electron chi connectivity index (χ4n) is 2.64. The van der Waals surface area contributed by atoms with E-state index in [9.17, 15) is 9.59 Å². The summed E-state index contributed by atoms with van der Waals surface area (Å²) in [6.07, 6.45) is 0. The van der Waals surface area contributed by atoms with Crippen molar-refractivity contribution >= 4 is 34.8 Å². The van der Waals surface area contributed by atoms with Gasteiger partial charge in [0.25, 0.3) is 0 Å². The molecule has 6 heteroatoms. The summed E-state index contributed by atoms with van der Waals surface area (Å²) in [6.45, 7) is 1.26. The number of amides is 2. The van der Waals surface area contributed by atoms with Gasteiger partial charge in [0, 0.05) is 17.6 Å². The van der Waals surface area contributed by atoms with Gasteiger partial charge in [0.05, 0.1) is 5.69 Å². The number of carbonyl (C=O) groups excluding carboxylic acids is 2. The third-order valence-electron chi connectivity index (χ3n) is 3.93. The van der Waals surface area contributed by atoms with Crippen molar-refractivity contribution in [3.8, 4) is 11.5 Å². The Morgan fingerprint density at radius 1 is 0.964 bits per heavy atom. The second kappa shape index (κ2) is 9.06. The van der Waals surface area contributed by atoms with Crippen molar-refractivity contribution < 1.29 is 14.3 Å². The molecule has 3 aromatic rings. The fraction of sp³-hybridized carbons (Fsp3) is 0.0909. The molecule has 0 aliphatic carbocycles. The number of hydrogen-bond acceptors (Lipinski definition) is 3. The molecule has 3 rings (SSSR count). The predicted molar refractivity (Wildman–Crippen MR) is 111 cm³/mol. The maximum absolute atomic E-state index is 12.6. The Hall–Kier alpha value is -3.31. The maximum atomic E-state index is 12.6. The van der Waals surface area contributed by atoms with Crippen LogP contribution < -0.4 is 15.0 Å². The molecule has 0 unspecified atom stereocenters. The summed E-state index contributed by atoms with van der Waals surface area (Å²) in [4.78, 5) is 26.0. The highest BCUT2D eigenvalue weighted by molar-refractivity contribution is 6.31. The largest absolute Gasteiger partial charge is 0.455 e. The highest BCUT2D eigenvalue weighted by Crippen LogP contribution is 2.29. The maximum Gasteiger partial charge on any atom is 0.244 e. The van der Waals surface area contributed by atoms with Gasteiger partial charge in [0.2, 0.25) is 11.8 Å². The molecule has 0 saturated carbocycles. The molecule has 0 aliphatic rings. The van der Waals surface area contributed by atoms with Gasteiger partial charge < -0.3 is 15.0 Å². The van der Waals surface area contributed by atoms with Crippen LogP contribution in [0.25, 0.3) is 0 Å². The van der Waals surface area contributed by atoms with E-state index >= 15 is 0 Å². The third-order valence-corrected chi connectivity index (χ3v) is 4.17. The standard InChI is InChI=1S/C22H19ClN2O3/c1-16(26)25(18-9-7-8-17(23)14-18)15-22(27)24-20-12-5-6-13-21(20)28-19-10-3-2-4-11-19/h2-14H,15H2,1H3,(H,24,27). The number of benzene rings is 3. The summed E-state index contributed by atoms with van der Waals surface area (Å²) in [5.74, 6) is 0.568. The Labute approximate surface area is 168 Å². The van der Waals surface area contributed by atoms with Crippen LogP contribution in [-0.2, 0) is 9.59 Å². The summed E-state index contributed by atoms with van der Waals surface area (Å²) in [7, 11) is 0. The number of carbonyl (C=O) groups is 2. The molecule has 1 N–H and O–H groups in total. The van der Waals surface area contributed by atoms with Crippen LogP contribution in [0.5, 0.6) is 11.5 Å². The number of halogens is 1. The molecule has 2 amide bonds. The quantitative estimate of drug-likeness (QED) is 0.631.